The highest BCUT2D eigenvalue weighted by Crippen LogP contribution is 2.25. The molecule has 0 saturated carbocycles. The van der Waals surface area contributed by atoms with Crippen molar-refractivity contribution in [1.29, 1.82) is 0 Å². The van der Waals surface area contributed by atoms with Crippen LogP contribution < -0.4 is 10.2 Å². The van der Waals surface area contributed by atoms with E-state index >= 15 is 0 Å². The Bertz CT molecular complexity index is 425. The van der Waals surface area contributed by atoms with Gasteiger partial charge in [0, 0.05) is 32.0 Å². The van der Waals surface area contributed by atoms with Gasteiger partial charge in [-0.1, -0.05) is 18.7 Å². The molecule has 6 nitrogen and oxygen atoms in total. The molecule has 2 N–H and O–H groups in total. The number of aliphatic hydroxyl groups is 1. The molecule has 1 unspecified atom stereocenters. The molecule has 1 fully saturated rings. The van der Waals surface area contributed by atoms with Crippen LogP contribution in [-0.4, -0.2) is 52.1 Å². The molecule has 0 spiro atoms. The molecule has 112 valence electrons. The third-order valence-electron chi connectivity index (χ3n) is 3.31. The van der Waals surface area contributed by atoms with Gasteiger partial charge in [-0.3, -0.25) is 0 Å². The summed E-state index contributed by atoms with van der Waals surface area (Å²) in [6.45, 7) is 4.30. The number of rotatable bonds is 6. The second-order valence-electron chi connectivity index (χ2n) is 4.98. The zero-order valence-electron chi connectivity index (χ0n) is 12.2. The van der Waals surface area contributed by atoms with E-state index in [0.29, 0.717) is 11.2 Å². The van der Waals surface area contributed by atoms with Crippen molar-refractivity contribution in [2.24, 2.45) is 0 Å². The number of nitrogens with one attached hydrogen (secondary N) is 1. The van der Waals surface area contributed by atoms with E-state index in [-0.39, 0.29) is 6.61 Å². The van der Waals surface area contributed by atoms with Gasteiger partial charge in [-0.05, 0) is 25.7 Å². The zero-order valence-corrected chi connectivity index (χ0v) is 13.0. The smallest absolute Gasteiger partial charge is 0.231 e. The number of aliphatic hydroxyl groups excluding tert-OH is 1. The maximum Gasteiger partial charge on any atom is 0.231 e. The molecule has 1 aliphatic heterocycles. The van der Waals surface area contributed by atoms with E-state index in [9.17, 15) is 0 Å². The standard InChI is InChI=1S/C13H23N5OS/c1-10(6-9-19)20-13-16-11(14-2)15-12(17-13)18-7-4-3-5-8-18/h10,19H,3-9H2,1-2H3,(H,14,15,16,17). The van der Waals surface area contributed by atoms with Gasteiger partial charge in [0.15, 0.2) is 5.16 Å². The van der Waals surface area contributed by atoms with Crippen LogP contribution in [-0.2, 0) is 0 Å². The molecule has 0 radical (unpaired) electrons. The molecule has 1 aromatic heterocycles. The van der Waals surface area contributed by atoms with Crippen molar-refractivity contribution in [3.8, 4) is 0 Å². The Morgan fingerprint density at radius 3 is 2.65 bits per heavy atom. The van der Waals surface area contributed by atoms with Gasteiger partial charge in [0.1, 0.15) is 0 Å². The van der Waals surface area contributed by atoms with Gasteiger partial charge in [-0.15, -0.1) is 0 Å². The highest BCUT2D eigenvalue weighted by molar-refractivity contribution is 7.99. The van der Waals surface area contributed by atoms with E-state index in [1.54, 1.807) is 11.8 Å². The molecule has 0 aromatic carbocycles. The van der Waals surface area contributed by atoms with Crippen molar-refractivity contribution < 1.29 is 5.11 Å². The number of hydrogen-bond acceptors (Lipinski definition) is 7. The van der Waals surface area contributed by atoms with E-state index < -0.39 is 0 Å². The van der Waals surface area contributed by atoms with Crippen LogP contribution in [0.1, 0.15) is 32.6 Å². The quantitative estimate of drug-likeness (QED) is 0.775. The Morgan fingerprint density at radius 2 is 2.00 bits per heavy atom. The molecule has 2 rings (SSSR count). The molecule has 1 saturated heterocycles. The van der Waals surface area contributed by atoms with Crippen molar-refractivity contribution in [2.45, 2.75) is 43.0 Å². The fourth-order valence-electron chi connectivity index (χ4n) is 2.17. The summed E-state index contributed by atoms with van der Waals surface area (Å²) in [7, 11) is 1.82. The zero-order chi connectivity index (χ0) is 14.4. The number of aromatic nitrogens is 3. The topological polar surface area (TPSA) is 74.2 Å². The predicted molar refractivity (Wildman–Crippen MR) is 82.5 cm³/mol. The normalized spacial score (nSPS) is 17.1. The summed E-state index contributed by atoms with van der Waals surface area (Å²) < 4.78 is 0. The molecule has 0 aliphatic carbocycles. The lowest BCUT2D eigenvalue weighted by molar-refractivity contribution is 0.289. The van der Waals surface area contributed by atoms with Crippen LogP contribution in [0.2, 0.25) is 0 Å². The number of piperidine rings is 1. The third-order valence-corrected chi connectivity index (χ3v) is 4.34. The fourth-order valence-corrected chi connectivity index (χ4v) is 3.02. The maximum atomic E-state index is 8.99. The Kier molecular flexibility index (Phi) is 5.85. The minimum atomic E-state index is 0.192. The Morgan fingerprint density at radius 1 is 1.25 bits per heavy atom. The van der Waals surface area contributed by atoms with Crippen LogP contribution in [0.4, 0.5) is 11.9 Å². The number of nitrogens with zero attached hydrogens (tertiary/aromatic N) is 4. The lowest BCUT2D eigenvalue weighted by atomic mass is 10.1. The summed E-state index contributed by atoms with van der Waals surface area (Å²) >= 11 is 1.59. The third kappa shape index (κ3) is 4.21. The van der Waals surface area contributed by atoms with Crippen LogP contribution in [0, 0.1) is 0 Å². The van der Waals surface area contributed by atoms with E-state index in [4.69, 9.17) is 5.11 Å². The van der Waals surface area contributed by atoms with Gasteiger partial charge in [0.2, 0.25) is 11.9 Å². The van der Waals surface area contributed by atoms with Gasteiger partial charge >= 0.3 is 0 Å². The summed E-state index contributed by atoms with van der Waals surface area (Å²) in [5, 5.41) is 13.0. The van der Waals surface area contributed by atoms with E-state index in [2.05, 4.69) is 32.1 Å². The van der Waals surface area contributed by atoms with Gasteiger partial charge in [0.05, 0.1) is 0 Å². The van der Waals surface area contributed by atoms with Crippen LogP contribution in [0.5, 0.6) is 0 Å². The molecular formula is C13H23N5OS. The fraction of sp³-hybridized carbons (Fsp3) is 0.769. The number of hydrogen-bond donors (Lipinski definition) is 2. The number of thioether (sulfide) groups is 1. The van der Waals surface area contributed by atoms with Gasteiger partial charge in [-0.2, -0.15) is 15.0 Å². The summed E-state index contributed by atoms with van der Waals surface area (Å²) in [6, 6.07) is 0. The van der Waals surface area contributed by atoms with E-state index in [0.717, 1.165) is 30.6 Å². The second kappa shape index (κ2) is 7.64. The first-order valence-corrected chi connectivity index (χ1v) is 8.07. The summed E-state index contributed by atoms with van der Waals surface area (Å²) in [5.41, 5.74) is 0. The monoisotopic (exact) mass is 297 g/mol. The molecule has 1 atom stereocenters. The van der Waals surface area contributed by atoms with Crippen molar-refractivity contribution in [2.75, 3.05) is 37.0 Å². The van der Waals surface area contributed by atoms with Crippen LogP contribution in [0.25, 0.3) is 0 Å². The Labute approximate surface area is 124 Å². The van der Waals surface area contributed by atoms with Crippen molar-refractivity contribution in [3.63, 3.8) is 0 Å². The first-order chi connectivity index (χ1) is 9.72. The minimum Gasteiger partial charge on any atom is -0.396 e. The summed E-state index contributed by atoms with van der Waals surface area (Å²) in [4.78, 5) is 15.7. The molecule has 1 aliphatic rings. The molecular weight excluding hydrogens is 274 g/mol. The molecule has 1 aromatic rings. The van der Waals surface area contributed by atoms with Crippen molar-refractivity contribution >= 4 is 23.7 Å². The maximum absolute atomic E-state index is 8.99. The number of anilines is 2. The molecule has 20 heavy (non-hydrogen) atoms. The van der Waals surface area contributed by atoms with Crippen molar-refractivity contribution in [1.82, 2.24) is 15.0 Å². The average molecular weight is 297 g/mol. The Hall–Kier alpha value is -1.08. The van der Waals surface area contributed by atoms with E-state index in [1.165, 1.54) is 19.3 Å². The molecule has 0 amide bonds. The van der Waals surface area contributed by atoms with Crippen LogP contribution >= 0.6 is 11.8 Å². The lowest BCUT2D eigenvalue weighted by Crippen LogP contribution is -2.31. The summed E-state index contributed by atoms with van der Waals surface area (Å²) in [6.07, 6.45) is 4.42. The molecule has 2 heterocycles. The average Bonchev–Trinajstić information content (AvgIpc) is 2.48. The first kappa shape index (κ1) is 15.3. The van der Waals surface area contributed by atoms with Gasteiger partial charge in [0.25, 0.3) is 0 Å². The highest BCUT2D eigenvalue weighted by Gasteiger charge is 2.17. The van der Waals surface area contributed by atoms with Crippen molar-refractivity contribution in [3.05, 3.63) is 0 Å². The van der Waals surface area contributed by atoms with Crippen LogP contribution in [0.15, 0.2) is 5.16 Å². The van der Waals surface area contributed by atoms with Gasteiger partial charge in [-0.25, -0.2) is 0 Å². The summed E-state index contributed by atoms with van der Waals surface area (Å²) in [5.74, 6) is 1.38. The van der Waals surface area contributed by atoms with Crippen LogP contribution in [0.3, 0.4) is 0 Å². The minimum absolute atomic E-state index is 0.192. The highest BCUT2D eigenvalue weighted by atomic mass is 32.2. The first-order valence-electron chi connectivity index (χ1n) is 7.19. The largest absolute Gasteiger partial charge is 0.396 e. The SMILES string of the molecule is CNc1nc(SC(C)CCO)nc(N2CCCCC2)n1. The molecule has 7 heteroatoms. The van der Waals surface area contributed by atoms with Gasteiger partial charge < -0.3 is 15.3 Å². The van der Waals surface area contributed by atoms with E-state index in [1.807, 2.05) is 7.05 Å². The Balaban J connectivity index is 2.14. The predicted octanol–water partition coefficient (Wildman–Crippen LogP) is 1.77. The molecule has 0 bridgehead atoms. The lowest BCUT2D eigenvalue weighted by Gasteiger charge is -2.27. The second-order valence-corrected chi connectivity index (χ2v) is 6.39.